The lowest BCUT2D eigenvalue weighted by molar-refractivity contribution is 0.0996. The smallest absolute Gasteiger partial charge is 0.259 e. The Kier molecular flexibility index (Phi) is 3.18. The van der Waals surface area contributed by atoms with Gasteiger partial charge in [0.25, 0.3) is 5.91 Å². The number of anilines is 2. The first-order valence-corrected chi connectivity index (χ1v) is 6.98. The van der Waals surface area contributed by atoms with Crippen molar-refractivity contribution in [3.8, 4) is 0 Å². The summed E-state index contributed by atoms with van der Waals surface area (Å²) in [5, 5.41) is 0. The van der Waals surface area contributed by atoms with E-state index in [0.29, 0.717) is 12.2 Å². The normalized spacial score (nSPS) is 13.7. The van der Waals surface area contributed by atoms with Gasteiger partial charge in [-0.15, -0.1) is 0 Å². The highest BCUT2D eigenvalue weighted by atomic mass is 16.2. The van der Waals surface area contributed by atoms with Gasteiger partial charge in [0, 0.05) is 16.9 Å². The van der Waals surface area contributed by atoms with Gasteiger partial charge in [-0.2, -0.15) is 0 Å². The van der Waals surface area contributed by atoms with E-state index in [1.165, 1.54) is 5.56 Å². The standard InChI is InChI=1S/C17H18N2O/c1-2-3-12-4-8-15(9-5-12)19-11-13-6-7-14(18)10-16(13)17(19)20/h4-10H,2-3,11,18H2,1H3. The molecule has 3 nitrogen and oxygen atoms in total. The summed E-state index contributed by atoms with van der Waals surface area (Å²) in [5.41, 5.74) is 10.4. The highest BCUT2D eigenvalue weighted by Crippen LogP contribution is 2.29. The molecule has 0 bridgehead atoms. The maximum atomic E-state index is 12.4. The minimum atomic E-state index is 0.0375. The Morgan fingerprint density at radius 1 is 1.15 bits per heavy atom. The van der Waals surface area contributed by atoms with Crippen molar-refractivity contribution in [2.75, 3.05) is 10.6 Å². The molecule has 0 saturated heterocycles. The zero-order chi connectivity index (χ0) is 14.1. The van der Waals surface area contributed by atoms with Crippen molar-refractivity contribution in [2.45, 2.75) is 26.3 Å². The van der Waals surface area contributed by atoms with E-state index in [4.69, 9.17) is 5.73 Å². The Hall–Kier alpha value is -2.29. The Bertz CT molecular complexity index is 647. The van der Waals surface area contributed by atoms with Crippen LogP contribution in [-0.2, 0) is 13.0 Å². The molecule has 1 amide bonds. The van der Waals surface area contributed by atoms with E-state index in [9.17, 15) is 4.79 Å². The van der Waals surface area contributed by atoms with Gasteiger partial charge >= 0.3 is 0 Å². The van der Waals surface area contributed by atoms with E-state index in [0.717, 1.165) is 29.7 Å². The van der Waals surface area contributed by atoms with Crippen LogP contribution in [0.4, 0.5) is 11.4 Å². The van der Waals surface area contributed by atoms with E-state index < -0.39 is 0 Å². The fraction of sp³-hybridized carbons (Fsp3) is 0.235. The molecule has 0 radical (unpaired) electrons. The van der Waals surface area contributed by atoms with Crippen LogP contribution >= 0.6 is 0 Å². The highest BCUT2D eigenvalue weighted by molar-refractivity contribution is 6.10. The lowest BCUT2D eigenvalue weighted by Crippen LogP contribution is -2.22. The number of nitrogen functional groups attached to an aromatic ring is 1. The molecule has 2 aromatic rings. The van der Waals surface area contributed by atoms with Crippen molar-refractivity contribution >= 4 is 17.3 Å². The first-order chi connectivity index (χ1) is 9.69. The first-order valence-electron chi connectivity index (χ1n) is 6.98. The Labute approximate surface area is 119 Å². The average molecular weight is 266 g/mol. The lowest BCUT2D eigenvalue weighted by atomic mass is 10.1. The summed E-state index contributed by atoms with van der Waals surface area (Å²) in [4.78, 5) is 14.2. The molecule has 102 valence electrons. The fourth-order valence-corrected chi connectivity index (χ4v) is 2.66. The maximum absolute atomic E-state index is 12.4. The molecule has 1 heterocycles. The minimum absolute atomic E-state index is 0.0375. The Balaban J connectivity index is 1.88. The number of aryl methyl sites for hydroxylation is 1. The number of hydrogen-bond donors (Lipinski definition) is 1. The molecule has 2 N–H and O–H groups in total. The third-order valence-corrected chi connectivity index (χ3v) is 3.72. The van der Waals surface area contributed by atoms with E-state index >= 15 is 0 Å². The summed E-state index contributed by atoms with van der Waals surface area (Å²) in [6.07, 6.45) is 2.21. The second-order valence-electron chi connectivity index (χ2n) is 5.22. The summed E-state index contributed by atoms with van der Waals surface area (Å²) in [6.45, 7) is 2.79. The van der Waals surface area contributed by atoms with Gasteiger partial charge in [-0.25, -0.2) is 0 Å². The van der Waals surface area contributed by atoms with Crippen LogP contribution in [0.2, 0.25) is 0 Å². The van der Waals surface area contributed by atoms with Crippen molar-refractivity contribution in [3.63, 3.8) is 0 Å². The largest absolute Gasteiger partial charge is 0.399 e. The SMILES string of the molecule is CCCc1ccc(N2Cc3ccc(N)cc3C2=O)cc1. The molecule has 0 atom stereocenters. The number of rotatable bonds is 3. The summed E-state index contributed by atoms with van der Waals surface area (Å²) in [7, 11) is 0. The van der Waals surface area contributed by atoms with Gasteiger partial charge in [-0.1, -0.05) is 31.5 Å². The Morgan fingerprint density at radius 2 is 1.90 bits per heavy atom. The van der Waals surface area contributed by atoms with E-state index in [2.05, 4.69) is 19.1 Å². The van der Waals surface area contributed by atoms with Crippen LogP contribution in [0.3, 0.4) is 0 Å². The van der Waals surface area contributed by atoms with Crippen molar-refractivity contribution < 1.29 is 4.79 Å². The number of amides is 1. The molecule has 0 spiro atoms. The van der Waals surface area contributed by atoms with Crippen LogP contribution in [0.25, 0.3) is 0 Å². The molecule has 0 aromatic heterocycles. The summed E-state index contributed by atoms with van der Waals surface area (Å²) >= 11 is 0. The number of hydrogen-bond acceptors (Lipinski definition) is 2. The van der Waals surface area contributed by atoms with E-state index in [-0.39, 0.29) is 5.91 Å². The van der Waals surface area contributed by atoms with Crippen molar-refractivity contribution in [3.05, 3.63) is 59.2 Å². The quantitative estimate of drug-likeness (QED) is 0.866. The van der Waals surface area contributed by atoms with Crippen LogP contribution in [0.15, 0.2) is 42.5 Å². The number of nitrogens with two attached hydrogens (primary N) is 1. The fourth-order valence-electron chi connectivity index (χ4n) is 2.66. The minimum Gasteiger partial charge on any atom is -0.399 e. The topological polar surface area (TPSA) is 46.3 Å². The molecule has 3 rings (SSSR count). The monoisotopic (exact) mass is 266 g/mol. The molecule has 20 heavy (non-hydrogen) atoms. The highest BCUT2D eigenvalue weighted by Gasteiger charge is 2.28. The predicted octanol–water partition coefficient (Wildman–Crippen LogP) is 3.38. The molecule has 0 saturated carbocycles. The number of carbonyl (C=O) groups excluding carboxylic acids is 1. The molecule has 1 aliphatic rings. The second-order valence-corrected chi connectivity index (χ2v) is 5.22. The van der Waals surface area contributed by atoms with Crippen LogP contribution in [0.1, 0.15) is 34.8 Å². The predicted molar refractivity (Wildman–Crippen MR) is 81.8 cm³/mol. The van der Waals surface area contributed by atoms with Gasteiger partial charge < -0.3 is 10.6 Å². The molecule has 1 aliphatic heterocycles. The zero-order valence-corrected chi connectivity index (χ0v) is 11.6. The van der Waals surface area contributed by atoms with Crippen LogP contribution in [-0.4, -0.2) is 5.91 Å². The summed E-state index contributed by atoms with van der Waals surface area (Å²) in [5.74, 6) is 0.0375. The van der Waals surface area contributed by atoms with E-state index in [1.807, 2.05) is 24.3 Å². The summed E-state index contributed by atoms with van der Waals surface area (Å²) in [6, 6.07) is 13.8. The Morgan fingerprint density at radius 3 is 2.60 bits per heavy atom. The maximum Gasteiger partial charge on any atom is 0.259 e. The number of fused-ring (bicyclic) bond motifs is 1. The molecule has 2 aromatic carbocycles. The van der Waals surface area contributed by atoms with Crippen LogP contribution < -0.4 is 10.6 Å². The third-order valence-electron chi connectivity index (χ3n) is 3.72. The van der Waals surface area contributed by atoms with Gasteiger partial charge in [0.05, 0.1) is 6.54 Å². The van der Waals surface area contributed by atoms with Crippen molar-refractivity contribution in [1.82, 2.24) is 0 Å². The zero-order valence-electron chi connectivity index (χ0n) is 11.6. The molecule has 0 aliphatic carbocycles. The van der Waals surface area contributed by atoms with Crippen LogP contribution in [0, 0.1) is 0 Å². The van der Waals surface area contributed by atoms with Gasteiger partial charge in [0.2, 0.25) is 0 Å². The van der Waals surface area contributed by atoms with Gasteiger partial charge in [-0.05, 0) is 41.8 Å². The molecule has 0 unspecified atom stereocenters. The second kappa shape index (κ2) is 5.00. The number of carbonyl (C=O) groups is 1. The van der Waals surface area contributed by atoms with Crippen molar-refractivity contribution in [1.29, 1.82) is 0 Å². The van der Waals surface area contributed by atoms with Crippen molar-refractivity contribution in [2.24, 2.45) is 0 Å². The summed E-state index contributed by atoms with van der Waals surface area (Å²) < 4.78 is 0. The number of benzene rings is 2. The lowest BCUT2D eigenvalue weighted by Gasteiger charge is -2.16. The van der Waals surface area contributed by atoms with Gasteiger partial charge in [0.15, 0.2) is 0 Å². The average Bonchev–Trinajstić information content (AvgIpc) is 2.77. The van der Waals surface area contributed by atoms with E-state index in [1.54, 1.807) is 11.0 Å². The van der Waals surface area contributed by atoms with Gasteiger partial charge in [-0.3, -0.25) is 4.79 Å². The molecular formula is C17H18N2O. The van der Waals surface area contributed by atoms with Crippen LogP contribution in [0.5, 0.6) is 0 Å². The molecular weight excluding hydrogens is 248 g/mol. The first kappa shape index (κ1) is 12.7. The molecule has 3 heteroatoms. The van der Waals surface area contributed by atoms with Gasteiger partial charge in [0.1, 0.15) is 0 Å². The molecule has 0 fully saturated rings. The third kappa shape index (κ3) is 2.16. The number of nitrogens with zero attached hydrogens (tertiary/aromatic N) is 1.